The molecule has 4 atom stereocenters. The number of nitrogens with zero attached hydrogens (tertiary/aromatic N) is 4. The molecule has 1 saturated carbocycles. The average Bonchev–Trinajstić information content (AvgIpc) is 3.08. The molecule has 0 bridgehead atoms. The number of rotatable bonds is 3. The third-order valence-electron chi connectivity index (χ3n) is 4.68. The van der Waals surface area contributed by atoms with Crippen molar-refractivity contribution in [3.63, 3.8) is 0 Å². The first-order chi connectivity index (χ1) is 12.4. The summed E-state index contributed by atoms with van der Waals surface area (Å²) < 4.78 is 6.93. The third kappa shape index (κ3) is 2.90. The van der Waals surface area contributed by atoms with Crippen LogP contribution in [0.5, 0.6) is 0 Å². The summed E-state index contributed by atoms with van der Waals surface area (Å²) >= 11 is 0. The molecule has 0 spiro atoms. The molecule has 2 aromatic rings. The molecule has 2 aliphatic rings. The molecule has 1 aliphatic heterocycles. The van der Waals surface area contributed by atoms with Gasteiger partial charge in [-0.2, -0.15) is 0 Å². The molecule has 3 heterocycles. The van der Waals surface area contributed by atoms with Crippen molar-refractivity contribution < 1.29 is 25.2 Å². The van der Waals surface area contributed by atoms with Gasteiger partial charge in [-0.3, -0.25) is 4.57 Å². The Bertz CT molecular complexity index is 900. The van der Waals surface area contributed by atoms with E-state index in [0.717, 1.165) is 12.8 Å². The number of imidazole rings is 1. The predicted molar refractivity (Wildman–Crippen MR) is 88.4 cm³/mol. The van der Waals surface area contributed by atoms with Gasteiger partial charge < -0.3 is 30.9 Å². The van der Waals surface area contributed by atoms with E-state index < -0.39 is 36.7 Å². The molecule has 138 valence electrons. The standard InChI is InChI=1S/C16H19N5O5/c17-13-10-14(20-9(19-13)2-1-3-16(25)4-5-16)21(7-18-10)15-12(24)11(23)8(6-22)26-15/h7-8,11-12,15,22-25H,3-6H2,(H2,17,19,20)/t8-,11?,12?,15-/m1/s1. The van der Waals surface area contributed by atoms with E-state index in [2.05, 4.69) is 26.8 Å². The minimum Gasteiger partial charge on any atom is -0.394 e. The Morgan fingerprint density at radius 3 is 2.73 bits per heavy atom. The first kappa shape index (κ1) is 17.1. The van der Waals surface area contributed by atoms with Crippen molar-refractivity contribution in [1.29, 1.82) is 0 Å². The lowest BCUT2D eigenvalue weighted by Gasteiger charge is -2.16. The monoisotopic (exact) mass is 361 g/mol. The second-order valence-electron chi connectivity index (χ2n) is 6.69. The highest BCUT2D eigenvalue weighted by atomic mass is 16.6. The molecule has 1 saturated heterocycles. The van der Waals surface area contributed by atoms with Crippen LogP contribution in [0.2, 0.25) is 0 Å². The van der Waals surface area contributed by atoms with Crippen LogP contribution in [0.4, 0.5) is 5.82 Å². The van der Waals surface area contributed by atoms with E-state index in [9.17, 15) is 20.4 Å². The van der Waals surface area contributed by atoms with Gasteiger partial charge in [0, 0.05) is 6.42 Å². The van der Waals surface area contributed by atoms with Gasteiger partial charge in [0.15, 0.2) is 17.7 Å². The highest BCUT2D eigenvalue weighted by Gasteiger charge is 2.44. The molecule has 4 rings (SSSR count). The van der Waals surface area contributed by atoms with E-state index in [0.29, 0.717) is 17.6 Å². The van der Waals surface area contributed by atoms with Crippen LogP contribution in [0.1, 0.15) is 31.3 Å². The van der Waals surface area contributed by atoms with Crippen molar-refractivity contribution in [1.82, 2.24) is 19.5 Å². The fourth-order valence-corrected chi connectivity index (χ4v) is 2.90. The predicted octanol–water partition coefficient (Wildman–Crippen LogP) is -1.71. The minimum absolute atomic E-state index is 0.120. The summed E-state index contributed by atoms with van der Waals surface area (Å²) in [6.45, 7) is -0.432. The van der Waals surface area contributed by atoms with Crippen molar-refractivity contribution >= 4 is 17.0 Å². The zero-order valence-corrected chi connectivity index (χ0v) is 13.8. The third-order valence-corrected chi connectivity index (χ3v) is 4.68. The summed E-state index contributed by atoms with van der Waals surface area (Å²) in [4.78, 5) is 12.5. The smallest absolute Gasteiger partial charge is 0.208 e. The van der Waals surface area contributed by atoms with Gasteiger partial charge in [-0.1, -0.05) is 5.92 Å². The van der Waals surface area contributed by atoms with E-state index in [1.54, 1.807) is 0 Å². The van der Waals surface area contributed by atoms with Gasteiger partial charge in [0.2, 0.25) is 5.82 Å². The molecule has 2 fully saturated rings. The molecule has 10 heteroatoms. The van der Waals surface area contributed by atoms with Crippen molar-refractivity contribution in [3.05, 3.63) is 12.2 Å². The van der Waals surface area contributed by atoms with Gasteiger partial charge in [0.05, 0.1) is 18.5 Å². The maximum atomic E-state index is 10.2. The number of anilines is 1. The molecule has 0 radical (unpaired) electrons. The molecular weight excluding hydrogens is 342 g/mol. The molecule has 26 heavy (non-hydrogen) atoms. The Morgan fingerprint density at radius 2 is 2.08 bits per heavy atom. The highest BCUT2D eigenvalue weighted by Crippen LogP contribution is 2.37. The Kier molecular flexibility index (Phi) is 4.06. The fraction of sp³-hybridized carbons (Fsp3) is 0.562. The van der Waals surface area contributed by atoms with Crippen LogP contribution < -0.4 is 5.73 Å². The van der Waals surface area contributed by atoms with Crippen LogP contribution in [-0.2, 0) is 4.74 Å². The Labute approximate surface area is 148 Å². The van der Waals surface area contributed by atoms with Gasteiger partial charge in [-0.25, -0.2) is 15.0 Å². The van der Waals surface area contributed by atoms with Crippen molar-refractivity contribution in [3.8, 4) is 11.8 Å². The van der Waals surface area contributed by atoms with E-state index in [1.165, 1.54) is 10.9 Å². The van der Waals surface area contributed by atoms with Crippen LogP contribution in [0.3, 0.4) is 0 Å². The second kappa shape index (κ2) is 6.15. The lowest BCUT2D eigenvalue weighted by atomic mass is 10.1. The average molecular weight is 361 g/mol. The quantitative estimate of drug-likeness (QED) is 0.401. The van der Waals surface area contributed by atoms with E-state index in [-0.39, 0.29) is 11.6 Å². The fourth-order valence-electron chi connectivity index (χ4n) is 2.90. The number of hydrogen-bond acceptors (Lipinski definition) is 9. The number of fused-ring (bicyclic) bond motifs is 1. The Morgan fingerprint density at radius 1 is 1.31 bits per heavy atom. The highest BCUT2D eigenvalue weighted by molar-refractivity contribution is 5.82. The van der Waals surface area contributed by atoms with E-state index in [1.807, 2.05) is 0 Å². The van der Waals surface area contributed by atoms with Gasteiger partial charge in [-0.15, -0.1) is 0 Å². The first-order valence-corrected chi connectivity index (χ1v) is 8.26. The molecule has 10 nitrogen and oxygen atoms in total. The van der Waals surface area contributed by atoms with Crippen molar-refractivity contribution in [2.24, 2.45) is 0 Å². The minimum atomic E-state index is -1.26. The zero-order valence-electron chi connectivity index (χ0n) is 13.8. The van der Waals surface area contributed by atoms with E-state index in [4.69, 9.17) is 10.5 Å². The Hall–Kier alpha value is -2.29. The molecule has 0 amide bonds. The van der Waals surface area contributed by atoms with Crippen LogP contribution >= 0.6 is 0 Å². The largest absolute Gasteiger partial charge is 0.394 e. The summed E-state index contributed by atoms with van der Waals surface area (Å²) in [5.74, 6) is 5.90. The van der Waals surface area contributed by atoms with Crippen LogP contribution in [-0.4, -0.2) is 70.5 Å². The number of nitrogen functional groups attached to an aromatic ring is 1. The summed E-state index contributed by atoms with van der Waals surface area (Å²) in [7, 11) is 0. The molecule has 2 unspecified atom stereocenters. The maximum absolute atomic E-state index is 10.2. The molecule has 0 aromatic carbocycles. The van der Waals surface area contributed by atoms with Gasteiger partial charge >= 0.3 is 0 Å². The van der Waals surface area contributed by atoms with Crippen LogP contribution in [0.25, 0.3) is 11.2 Å². The van der Waals surface area contributed by atoms with Crippen LogP contribution in [0, 0.1) is 11.8 Å². The summed E-state index contributed by atoms with van der Waals surface area (Å²) in [5.41, 5.74) is 5.83. The summed E-state index contributed by atoms with van der Waals surface area (Å²) in [6, 6.07) is 0. The zero-order chi connectivity index (χ0) is 18.5. The van der Waals surface area contributed by atoms with Gasteiger partial charge in [0.25, 0.3) is 0 Å². The van der Waals surface area contributed by atoms with Crippen molar-refractivity contribution in [2.45, 2.75) is 49.4 Å². The topological polar surface area (TPSA) is 160 Å². The Balaban J connectivity index is 1.68. The van der Waals surface area contributed by atoms with Crippen LogP contribution in [0.15, 0.2) is 6.33 Å². The molecule has 2 aromatic heterocycles. The number of nitrogens with two attached hydrogens (primary N) is 1. The number of aromatic nitrogens is 4. The molecular formula is C16H19N5O5. The van der Waals surface area contributed by atoms with Crippen molar-refractivity contribution in [2.75, 3.05) is 12.3 Å². The SMILES string of the molecule is Nc1nc(C#CCC2(O)CC2)nc2c1ncn2[C@@H]1O[C@H](CO)C(O)C1O. The normalized spacial score (nSPS) is 29.5. The summed E-state index contributed by atoms with van der Waals surface area (Å²) in [5, 5.41) is 39.2. The lowest BCUT2D eigenvalue weighted by molar-refractivity contribution is -0.0511. The van der Waals surface area contributed by atoms with Gasteiger partial charge in [-0.05, 0) is 18.8 Å². The summed E-state index contributed by atoms with van der Waals surface area (Å²) in [6.07, 6.45) is -1.20. The molecule has 1 aliphatic carbocycles. The maximum Gasteiger partial charge on any atom is 0.208 e. The van der Waals surface area contributed by atoms with E-state index >= 15 is 0 Å². The number of aliphatic hydroxyl groups is 4. The lowest BCUT2D eigenvalue weighted by Crippen LogP contribution is -2.33. The number of hydrogen-bond donors (Lipinski definition) is 5. The molecule has 6 N–H and O–H groups in total. The second-order valence-corrected chi connectivity index (χ2v) is 6.69. The first-order valence-electron chi connectivity index (χ1n) is 8.26. The number of aliphatic hydroxyl groups excluding tert-OH is 3. The van der Waals surface area contributed by atoms with Gasteiger partial charge in [0.1, 0.15) is 23.8 Å². The number of ether oxygens (including phenoxy) is 1.